The summed E-state index contributed by atoms with van der Waals surface area (Å²) in [6.07, 6.45) is 3.46. The van der Waals surface area contributed by atoms with Gasteiger partial charge >= 0.3 is 0 Å². The zero-order chi connectivity index (χ0) is 11.1. The van der Waals surface area contributed by atoms with Crippen molar-refractivity contribution in [3.8, 4) is 5.75 Å². The molecular weight excluding hydrogens is 231 g/mol. The van der Waals surface area contributed by atoms with E-state index in [1.807, 2.05) is 18.2 Å². The molecule has 0 unspecified atom stereocenters. The summed E-state index contributed by atoms with van der Waals surface area (Å²) >= 11 is 11.7. The van der Waals surface area contributed by atoms with Gasteiger partial charge in [0.05, 0.1) is 11.6 Å². The molecule has 0 heterocycles. The fourth-order valence-corrected chi connectivity index (χ4v) is 1.70. The van der Waals surface area contributed by atoms with Gasteiger partial charge in [0.2, 0.25) is 0 Å². The molecule has 0 bridgehead atoms. The fourth-order valence-electron chi connectivity index (χ4n) is 1.28. The van der Waals surface area contributed by atoms with Gasteiger partial charge in [0, 0.05) is 5.88 Å². The average molecular weight is 247 g/mol. The van der Waals surface area contributed by atoms with Crippen molar-refractivity contribution in [2.24, 2.45) is 0 Å². The van der Waals surface area contributed by atoms with Crippen molar-refractivity contribution in [1.82, 2.24) is 0 Å². The topological polar surface area (TPSA) is 9.23 Å². The molecule has 0 atom stereocenters. The van der Waals surface area contributed by atoms with E-state index in [1.165, 1.54) is 12.8 Å². The maximum absolute atomic E-state index is 6.04. The van der Waals surface area contributed by atoms with E-state index in [-0.39, 0.29) is 0 Å². The molecule has 0 saturated heterocycles. The van der Waals surface area contributed by atoms with Crippen LogP contribution in [0.1, 0.15) is 31.7 Å². The van der Waals surface area contributed by atoms with Crippen LogP contribution in [0.15, 0.2) is 18.2 Å². The number of ether oxygens (including phenoxy) is 1. The minimum absolute atomic E-state index is 0.482. The second-order valence-corrected chi connectivity index (χ2v) is 4.13. The normalized spacial score (nSPS) is 10.3. The second-order valence-electron chi connectivity index (χ2n) is 3.45. The predicted molar refractivity (Wildman–Crippen MR) is 66.0 cm³/mol. The first-order chi connectivity index (χ1) is 7.27. The minimum Gasteiger partial charge on any atom is -0.492 e. The SMILES string of the molecule is CCCCCOc1ccc(CCl)cc1Cl. The molecule has 15 heavy (non-hydrogen) atoms. The highest BCUT2D eigenvalue weighted by Gasteiger charge is 2.02. The maximum Gasteiger partial charge on any atom is 0.137 e. The summed E-state index contributed by atoms with van der Waals surface area (Å²) in [5.41, 5.74) is 1.02. The molecule has 0 N–H and O–H groups in total. The number of hydrogen-bond donors (Lipinski definition) is 0. The van der Waals surface area contributed by atoms with Gasteiger partial charge in [-0.05, 0) is 24.1 Å². The summed E-state index contributed by atoms with van der Waals surface area (Å²) < 4.78 is 5.56. The summed E-state index contributed by atoms with van der Waals surface area (Å²) in [4.78, 5) is 0. The molecule has 1 nitrogen and oxygen atoms in total. The van der Waals surface area contributed by atoms with Crippen LogP contribution >= 0.6 is 23.2 Å². The predicted octanol–water partition coefficient (Wildman–Crippen LogP) is 4.65. The van der Waals surface area contributed by atoms with Crippen LogP contribution in [-0.4, -0.2) is 6.61 Å². The van der Waals surface area contributed by atoms with Crippen molar-refractivity contribution < 1.29 is 4.74 Å². The highest BCUT2D eigenvalue weighted by atomic mass is 35.5. The molecule has 0 saturated carbocycles. The van der Waals surface area contributed by atoms with Crippen LogP contribution in [0.5, 0.6) is 5.75 Å². The number of halogens is 2. The third kappa shape index (κ3) is 4.31. The molecule has 0 amide bonds. The van der Waals surface area contributed by atoms with E-state index < -0.39 is 0 Å². The standard InChI is InChI=1S/C12H16Cl2O/c1-2-3-4-7-15-12-6-5-10(9-13)8-11(12)14/h5-6,8H,2-4,7,9H2,1H3. The van der Waals surface area contributed by atoms with Gasteiger partial charge in [-0.3, -0.25) is 0 Å². The zero-order valence-corrected chi connectivity index (χ0v) is 10.4. The summed E-state index contributed by atoms with van der Waals surface area (Å²) in [5.74, 6) is 1.23. The van der Waals surface area contributed by atoms with Gasteiger partial charge in [-0.15, -0.1) is 11.6 Å². The Morgan fingerprint density at radius 1 is 1.27 bits per heavy atom. The van der Waals surface area contributed by atoms with Gasteiger partial charge < -0.3 is 4.74 Å². The first kappa shape index (κ1) is 12.7. The Morgan fingerprint density at radius 2 is 2.07 bits per heavy atom. The Bertz CT molecular complexity index is 300. The van der Waals surface area contributed by atoms with E-state index in [4.69, 9.17) is 27.9 Å². The Balaban J connectivity index is 2.47. The lowest BCUT2D eigenvalue weighted by molar-refractivity contribution is 0.306. The third-order valence-corrected chi connectivity index (χ3v) is 2.76. The van der Waals surface area contributed by atoms with Crippen molar-refractivity contribution in [3.63, 3.8) is 0 Å². The van der Waals surface area contributed by atoms with Crippen LogP contribution < -0.4 is 4.74 Å². The lowest BCUT2D eigenvalue weighted by atomic mass is 10.2. The van der Waals surface area contributed by atoms with Gasteiger partial charge in [-0.25, -0.2) is 0 Å². The summed E-state index contributed by atoms with van der Waals surface area (Å²) in [5, 5.41) is 0.643. The van der Waals surface area contributed by atoms with Gasteiger partial charge in [0.25, 0.3) is 0 Å². The number of benzene rings is 1. The van der Waals surface area contributed by atoms with Crippen LogP contribution in [0.25, 0.3) is 0 Å². The molecule has 0 aliphatic carbocycles. The van der Waals surface area contributed by atoms with Crippen LogP contribution in [0, 0.1) is 0 Å². The third-order valence-electron chi connectivity index (χ3n) is 2.16. The molecule has 3 heteroatoms. The van der Waals surface area contributed by atoms with Crippen molar-refractivity contribution in [2.75, 3.05) is 6.61 Å². The van der Waals surface area contributed by atoms with Crippen molar-refractivity contribution in [1.29, 1.82) is 0 Å². The molecule has 84 valence electrons. The Hall–Kier alpha value is -0.400. The average Bonchev–Trinajstić information content (AvgIpc) is 2.26. The van der Waals surface area contributed by atoms with E-state index in [9.17, 15) is 0 Å². The molecule has 0 aliphatic heterocycles. The molecule has 0 spiro atoms. The van der Waals surface area contributed by atoms with Crippen LogP contribution in [0.2, 0.25) is 5.02 Å². The number of hydrogen-bond acceptors (Lipinski definition) is 1. The largest absolute Gasteiger partial charge is 0.492 e. The number of rotatable bonds is 6. The monoisotopic (exact) mass is 246 g/mol. The lowest BCUT2D eigenvalue weighted by Gasteiger charge is -2.08. The van der Waals surface area contributed by atoms with Crippen LogP contribution in [0.3, 0.4) is 0 Å². The van der Waals surface area contributed by atoms with Gasteiger partial charge in [-0.2, -0.15) is 0 Å². The van der Waals surface area contributed by atoms with E-state index in [2.05, 4.69) is 6.92 Å². The van der Waals surface area contributed by atoms with Gasteiger partial charge in [-0.1, -0.05) is 37.4 Å². The van der Waals surface area contributed by atoms with Gasteiger partial charge in [0.15, 0.2) is 0 Å². The van der Waals surface area contributed by atoms with E-state index in [0.29, 0.717) is 10.9 Å². The fraction of sp³-hybridized carbons (Fsp3) is 0.500. The molecule has 0 aliphatic rings. The molecule has 0 radical (unpaired) electrons. The van der Waals surface area contributed by atoms with E-state index in [0.717, 1.165) is 24.3 Å². The van der Waals surface area contributed by atoms with E-state index in [1.54, 1.807) is 0 Å². The first-order valence-electron chi connectivity index (χ1n) is 5.25. The Kier molecular flexibility index (Phi) is 5.89. The van der Waals surface area contributed by atoms with Crippen molar-refractivity contribution in [2.45, 2.75) is 32.1 Å². The zero-order valence-electron chi connectivity index (χ0n) is 8.93. The van der Waals surface area contributed by atoms with Crippen molar-refractivity contribution >= 4 is 23.2 Å². The summed E-state index contributed by atoms with van der Waals surface area (Å²) in [7, 11) is 0. The molecule has 0 aromatic heterocycles. The number of unbranched alkanes of at least 4 members (excludes halogenated alkanes) is 2. The maximum atomic E-state index is 6.04. The highest BCUT2D eigenvalue weighted by molar-refractivity contribution is 6.32. The van der Waals surface area contributed by atoms with Gasteiger partial charge in [0.1, 0.15) is 5.75 Å². The smallest absolute Gasteiger partial charge is 0.137 e. The first-order valence-corrected chi connectivity index (χ1v) is 6.16. The van der Waals surface area contributed by atoms with Crippen LogP contribution in [-0.2, 0) is 5.88 Å². The highest BCUT2D eigenvalue weighted by Crippen LogP contribution is 2.26. The lowest BCUT2D eigenvalue weighted by Crippen LogP contribution is -1.97. The van der Waals surface area contributed by atoms with E-state index >= 15 is 0 Å². The van der Waals surface area contributed by atoms with Crippen molar-refractivity contribution in [3.05, 3.63) is 28.8 Å². The molecule has 0 fully saturated rings. The number of alkyl halides is 1. The molecule has 1 aromatic rings. The Morgan fingerprint density at radius 3 is 2.67 bits per heavy atom. The molecule has 1 rings (SSSR count). The Labute approximate surface area is 101 Å². The second kappa shape index (κ2) is 6.97. The summed E-state index contributed by atoms with van der Waals surface area (Å²) in [6, 6.07) is 5.67. The molecule has 1 aromatic carbocycles. The quantitative estimate of drug-likeness (QED) is 0.525. The summed E-state index contributed by atoms with van der Waals surface area (Å²) in [6.45, 7) is 2.90. The van der Waals surface area contributed by atoms with Crippen LogP contribution in [0.4, 0.5) is 0 Å². The minimum atomic E-state index is 0.482. The molecular formula is C12H16Cl2O.